The van der Waals surface area contributed by atoms with Crippen molar-refractivity contribution in [1.29, 1.82) is 0 Å². The van der Waals surface area contributed by atoms with Crippen molar-refractivity contribution in [1.82, 2.24) is 10.2 Å². The molecule has 0 amide bonds. The molecular weight excluding hydrogens is 290 g/mol. The van der Waals surface area contributed by atoms with Gasteiger partial charge in [-0.05, 0) is 23.3 Å². The Bertz CT molecular complexity index is 600. The molecule has 0 saturated carbocycles. The zero-order chi connectivity index (χ0) is 15.2. The van der Waals surface area contributed by atoms with E-state index in [-0.39, 0.29) is 0 Å². The summed E-state index contributed by atoms with van der Waals surface area (Å²) in [6, 6.07) is 21.2. The smallest absolute Gasteiger partial charge is 0.177 e. The number of hydrogen-bond acceptors (Lipinski definition) is 1. The molecule has 1 saturated heterocycles. The maximum atomic E-state index is 5.46. The Labute approximate surface area is 137 Å². The lowest BCUT2D eigenvalue weighted by Crippen LogP contribution is -3.17. The highest BCUT2D eigenvalue weighted by atomic mass is 32.1. The van der Waals surface area contributed by atoms with Crippen LogP contribution in [0.5, 0.6) is 0 Å². The fourth-order valence-electron chi connectivity index (χ4n) is 2.77. The monoisotopic (exact) mass is 312 g/mol. The summed E-state index contributed by atoms with van der Waals surface area (Å²) in [5.41, 5.74) is 2.70. The fraction of sp³-hybridized carbons (Fsp3) is 0.278. The maximum Gasteiger partial charge on any atom is 0.177 e. The molecular formula is C18H22N3S+. The Morgan fingerprint density at radius 2 is 1.59 bits per heavy atom. The van der Waals surface area contributed by atoms with Gasteiger partial charge in [0, 0.05) is 6.42 Å². The molecule has 1 unspecified atom stereocenters. The van der Waals surface area contributed by atoms with Crippen LogP contribution in [0.3, 0.4) is 0 Å². The minimum Gasteiger partial charge on any atom is -0.316 e. The first kappa shape index (κ1) is 15.0. The van der Waals surface area contributed by atoms with E-state index in [1.54, 1.807) is 0 Å². The van der Waals surface area contributed by atoms with Crippen molar-refractivity contribution in [2.24, 2.45) is 0 Å². The number of benzene rings is 2. The van der Waals surface area contributed by atoms with Crippen LogP contribution < -0.4 is 10.2 Å². The SMILES string of the molecule is S=C1NC[NH+](CCc2ccccc2)CN1Cc1ccccc1. The van der Waals surface area contributed by atoms with Gasteiger partial charge in [-0.15, -0.1) is 0 Å². The molecule has 1 aliphatic heterocycles. The van der Waals surface area contributed by atoms with Crippen LogP contribution in [0.15, 0.2) is 60.7 Å². The summed E-state index contributed by atoms with van der Waals surface area (Å²) < 4.78 is 0. The number of nitrogens with zero attached hydrogens (tertiary/aromatic N) is 1. The molecule has 3 rings (SSSR count). The number of rotatable bonds is 5. The molecule has 22 heavy (non-hydrogen) atoms. The molecule has 2 N–H and O–H groups in total. The van der Waals surface area contributed by atoms with Crippen LogP contribution in [0.25, 0.3) is 0 Å². The van der Waals surface area contributed by atoms with Crippen molar-refractivity contribution < 1.29 is 4.90 Å². The first-order valence-corrected chi connectivity index (χ1v) is 8.16. The maximum absolute atomic E-state index is 5.46. The minimum absolute atomic E-state index is 0.868. The van der Waals surface area contributed by atoms with Crippen LogP contribution >= 0.6 is 12.2 Å². The zero-order valence-corrected chi connectivity index (χ0v) is 13.5. The largest absolute Gasteiger partial charge is 0.316 e. The van der Waals surface area contributed by atoms with Gasteiger partial charge in [-0.3, -0.25) is 4.90 Å². The van der Waals surface area contributed by atoms with Gasteiger partial charge in [0.25, 0.3) is 0 Å². The first-order chi connectivity index (χ1) is 10.8. The van der Waals surface area contributed by atoms with Gasteiger partial charge in [0.15, 0.2) is 18.4 Å². The standard InChI is InChI=1S/C18H21N3S/c22-18-19-14-20(12-11-16-7-3-1-4-8-16)15-21(18)13-17-9-5-2-6-10-17/h1-10H,11-15H2,(H,19,22)/p+1. The Balaban J connectivity index is 1.55. The van der Waals surface area contributed by atoms with Crippen molar-refractivity contribution in [2.45, 2.75) is 13.0 Å². The summed E-state index contributed by atoms with van der Waals surface area (Å²) >= 11 is 5.46. The van der Waals surface area contributed by atoms with Crippen LogP contribution in [0.2, 0.25) is 0 Å². The molecule has 1 aliphatic rings. The number of nitrogens with one attached hydrogen (secondary N) is 2. The Morgan fingerprint density at radius 3 is 2.27 bits per heavy atom. The van der Waals surface area contributed by atoms with E-state index in [1.165, 1.54) is 16.0 Å². The van der Waals surface area contributed by atoms with Crippen molar-refractivity contribution in [3.8, 4) is 0 Å². The van der Waals surface area contributed by atoms with Gasteiger partial charge >= 0.3 is 0 Å². The van der Waals surface area contributed by atoms with E-state index in [0.717, 1.165) is 38.0 Å². The average molecular weight is 312 g/mol. The summed E-state index contributed by atoms with van der Waals surface area (Å²) in [7, 11) is 0. The van der Waals surface area contributed by atoms with Gasteiger partial charge in [-0.25, -0.2) is 0 Å². The molecule has 1 heterocycles. The summed E-state index contributed by atoms with van der Waals surface area (Å²) in [4.78, 5) is 3.78. The van der Waals surface area contributed by atoms with Crippen LogP contribution in [0.1, 0.15) is 11.1 Å². The summed E-state index contributed by atoms with van der Waals surface area (Å²) in [5, 5.41) is 4.23. The highest BCUT2D eigenvalue weighted by Gasteiger charge is 2.23. The van der Waals surface area contributed by atoms with Crippen molar-refractivity contribution >= 4 is 17.3 Å². The first-order valence-electron chi connectivity index (χ1n) is 7.75. The van der Waals surface area contributed by atoms with E-state index in [4.69, 9.17) is 12.2 Å². The predicted octanol–water partition coefficient (Wildman–Crippen LogP) is 1.42. The van der Waals surface area contributed by atoms with Gasteiger partial charge in [-0.1, -0.05) is 60.7 Å². The normalized spacial score (nSPS) is 18.1. The van der Waals surface area contributed by atoms with Crippen LogP contribution in [0.4, 0.5) is 0 Å². The molecule has 1 fully saturated rings. The molecule has 2 aromatic carbocycles. The van der Waals surface area contributed by atoms with E-state index < -0.39 is 0 Å². The van der Waals surface area contributed by atoms with E-state index >= 15 is 0 Å². The van der Waals surface area contributed by atoms with E-state index in [9.17, 15) is 0 Å². The zero-order valence-electron chi connectivity index (χ0n) is 12.7. The molecule has 0 spiro atoms. The lowest BCUT2D eigenvalue weighted by Gasteiger charge is -2.35. The van der Waals surface area contributed by atoms with E-state index in [0.29, 0.717) is 0 Å². The third-order valence-corrected chi connectivity index (χ3v) is 4.42. The molecule has 2 aromatic rings. The van der Waals surface area contributed by atoms with E-state index in [2.05, 4.69) is 64.8 Å². The quantitative estimate of drug-likeness (QED) is 0.815. The molecule has 3 nitrogen and oxygen atoms in total. The van der Waals surface area contributed by atoms with E-state index in [1.807, 2.05) is 6.07 Å². The highest BCUT2D eigenvalue weighted by molar-refractivity contribution is 7.80. The lowest BCUT2D eigenvalue weighted by atomic mass is 10.1. The topological polar surface area (TPSA) is 19.7 Å². The van der Waals surface area contributed by atoms with Gasteiger partial charge < -0.3 is 10.2 Å². The Kier molecular flexibility index (Phi) is 5.03. The second-order valence-corrected chi connectivity index (χ2v) is 6.12. The lowest BCUT2D eigenvalue weighted by molar-refractivity contribution is -0.914. The summed E-state index contributed by atoms with van der Waals surface area (Å²) in [5.74, 6) is 0. The third-order valence-electron chi connectivity index (χ3n) is 4.02. The molecule has 0 aliphatic carbocycles. The van der Waals surface area contributed by atoms with Crippen molar-refractivity contribution in [3.63, 3.8) is 0 Å². The van der Waals surface area contributed by atoms with Crippen LogP contribution in [-0.4, -0.2) is 29.9 Å². The molecule has 4 heteroatoms. The third kappa shape index (κ3) is 4.06. The molecule has 114 valence electrons. The predicted molar refractivity (Wildman–Crippen MR) is 93.4 cm³/mol. The fourth-order valence-corrected chi connectivity index (χ4v) is 2.98. The molecule has 1 atom stereocenters. The number of hydrogen-bond donors (Lipinski definition) is 2. The summed E-state index contributed by atoms with van der Waals surface area (Å²) in [6.07, 6.45) is 1.10. The van der Waals surface area contributed by atoms with Gasteiger partial charge in [0.2, 0.25) is 0 Å². The second-order valence-electron chi connectivity index (χ2n) is 5.74. The number of thiocarbonyl (C=S) groups is 1. The van der Waals surface area contributed by atoms with Gasteiger partial charge in [-0.2, -0.15) is 0 Å². The molecule has 0 aromatic heterocycles. The highest BCUT2D eigenvalue weighted by Crippen LogP contribution is 2.04. The molecule has 0 bridgehead atoms. The van der Waals surface area contributed by atoms with Gasteiger partial charge in [0.05, 0.1) is 13.1 Å². The van der Waals surface area contributed by atoms with Crippen LogP contribution in [-0.2, 0) is 13.0 Å². The Hall–Kier alpha value is -1.91. The van der Waals surface area contributed by atoms with Crippen molar-refractivity contribution in [3.05, 3.63) is 71.8 Å². The van der Waals surface area contributed by atoms with Gasteiger partial charge in [0.1, 0.15) is 0 Å². The van der Waals surface area contributed by atoms with Crippen molar-refractivity contribution in [2.75, 3.05) is 19.9 Å². The number of quaternary nitrogens is 1. The second kappa shape index (κ2) is 7.38. The minimum atomic E-state index is 0.868. The molecule has 0 radical (unpaired) electrons. The van der Waals surface area contributed by atoms with Crippen LogP contribution in [0, 0.1) is 0 Å². The Morgan fingerprint density at radius 1 is 0.955 bits per heavy atom. The summed E-state index contributed by atoms with van der Waals surface area (Å²) in [6.45, 7) is 3.87. The average Bonchev–Trinajstić information content (AvgIpc) is 2.57.